The van der Waals surface area contributed by atoms with Gasteiger partial charge >= 0.3 is 5.97 Å². The van der Waals surface area contributed by atoms with Crippen molar-refractivity contribution in [3.63, 3.8) is 0 Å². The minimum Gasteiger partial charge on any atom is -0.481 e. The first kappa shape index (κ1) is 14.1. The molecule has 4 heteroatoms. The van der Waals surface area contributed by atoms with Gasteiger partial charge in [-0.25, -0.2) is 0 Å². The monoisotopic (exact) mass is 287 g/mol. The molecule has 4 nitrogen and oxygen atoms in total. The van der Waals surface area contributed by atoms with E-state index in [0.29, 0.717) is 19.3 Å². The van der Waals surface area contributed by atoms with Crippen molar-refractivity contribution < 1.29 is 14.7 Å². The van der Waals surface area contributed by atoms with Gasteiger partial charge in [0, 0.05) is 5.92 Å². The zero-order valence-electron chi connectivity index (χ0n) is 12.0. The van der Waals surface area contributed by atoms with Gasteiger partial charge in [0.1, 0.15) is 0 Å². The van der Waals surface area contributed by atoms with Crippen LogP contribution in [0.4, 0.5) is 0 Å². The molecule has 0 radical (unpaired) electrons. The molecule has 3 atom stereocenters. The predicted octanol–water partition coefficient (Wildman–Crippen LogP) is 2.68. The van der Waals surface area contributed by atoms with Gasteiger partial charge in [-0.15, -0.1) is 0 Å². The molecular weight excluding hydrogens is 266 g/mol. The van der Waals surface area contributed by atoms with E-state index in [1.165, 1.54) is 11.1 Å². The van der Waals surface area contributed by atoms with Crippen LogP contribution < -0.4 is 5.32 Å². The van der Waals surface area contributed by atoms with Gasteiger partial charge in [-0.2, -0.15) is 0 Å². The standard InChI is InChI=1S/C17H21NO3/c19-16(12-8-9-13(10-12)17(20)21)18-15-7-3-5-11-4-1-2-6-14(11)15/h1-2,4,6,12-13,15H,3,5,7-10H2,(H,18,19)(H,20,21)/t12-,13+,15?/m0/s1. The van der Waals surface area contributed by atoms with Crippen LogP contribution in [0.15, 0.2) is 24.3 Å². The first-order chi connectivity index (χ1) is 10.1. The minimum absolute atomic E-state index is 0.0282. The van der Waals surface area contributed by atoms with Crippen LogP contribution in [0.25, 0.3) is 0 Å². The minimum atomic E-state index is -0.770. The van der Waals surface area contributed by atoms with Gasteiger partial charge in [0.25, 0.3) is 0 Å². The maximum absolute atomic E-state index is 12.4. The topological polar surface area (TPSA) is 66.4 Å². The summed E-state index contributed by atoms with van der Waals surface area (Å²) >= 11 is 0. The third-order valence-corrected chi connectivity index (χ3v) is 4.84. The Hall–Kier alpha value is -1.84. The molecule has 2 aliphatic rings. The Morgan fingerprint density at radius 2 is 1.86 bits per heavy atom. The molecule has 0 saturated heterocycles. The molecule has 1 aromatic carbocycles. The molecule has 112 valence electrons. The number of carbonyl (C=O) groups excluding carboxylic acids is 1. The molecule has 2 aliphatic carbocycles. The highest BCUT2D eigenvalue weighted by atomic mass is 16.4. The lowest BCUT2D eigenvalue weighted by atomic mass is 9.87. The number of fused-ring (bicyclic) bond motifs is 1. The molecule has 3 rings (SSSR count). The molecule has 1 unspecified atom stereocenters. The fourth-order valence-corrected chi connectivity index (χ4v) is 3.64. The lowest BCUT2D eigenvalue weighted by Crippen LogP contribution is -2.35. The van der Waals surface area contributed by atoms with E-state index in [-0.39, 0.29) is 23.8 Å². The summed E-state index contributed by atoms with van der Waals surface area (Å²) < 4.78 is 0. The molecular formula is C17H21NO3. The highest BCUT2D eigenvalue weighted by Crippen LogP contribution is 2.33. The summed E-state index contributed by atoms with van der Waals surface area (Å²) in [4.78, 5) is 23.4. The summed E-state index contributed by atoms with van der Waals surface area (Å²) in [6.45, 7) is 0. The number of aliphatic carboxylic acids is 1. The van der Waals surface area contributed by atoms with Crippen molar-refractivity contribution in [3.8, 4) is 0 Å². The Kier molecular flexibility index (Phi) is 3.95. The number of aryl methyl sites for hydroxylation is 1. The molecule has 0 bridgehead atoms. The van der Waals surface area contributed by atoms with E-state index < -0.39 is 5.97 Å². The SMILES string of the molecule is O=C(O)[C@@H]1CC[C@H](C(=O)NC2CCCc3ccccc32)C1. The number of amides is 1. The number of benzene rings is 1. The van der Waals surface area contributed by atoms with Crippen molar-refractivity contribution in [2.45, 2.75) is 44.6 Å². The largest absolute Gasteiger partial charge is 0.481 e. The van der Waals surface area contributed by atoms with Crippen molar-refractivity contribution in [2.75, 3.05) is 0 Å². The van der Waals surface area contributed by atoms with Crippen molar-refractivity contribution in [2.24, 2.45) is 11.8 Å². The van der Waals surface area contributed by atoms with Gasteiger partial charge in [-0.05, 0) is 49.7 Å². The zero-order valence-corrected chi connectivity index (χ0v) is 12.0. The van der Waals surface area contributed by atoms with Gasteiger partial charge in [-0.3, -0.25) is 9.59 Å². The van der Waals surface area contributed by atoms with Gasteiger partial charge in [0.05, 0.1) is 12.0 Å². The van der Waals surface area contributed by atoms with Crippen LogP contribution >= 0.6 is 0 Å². The van der Waals surface area contributed by atoms with Crippen LogP contribution in [-0.2, 0) is 16.0 Å². The number of nitrogens with one attached hydrogen (secondary N) is 1. The number of rotatable bonds is 3. The van der Waals surface area contributed by atoms with E-state index in [0.717, 1.165) is 19.3 Å². The zero-order chi connectivity index (χ0) is 14.8. The summed E-state index contributed by atoms with van der Waals surface area (Å²) in [7, 11) is 0. The van der Waals surface area contributed by atoms with Crippen LogP contribution in [0.2, 0.25) is 0 Å². The number of carboxylic acid groups (broad SMARTS) is 1. The lowest BCUT2D eigenvalue weighted by Gasteiger charge is -2.27. The fourth-order valence-electron chi connectivity index (χ4n) is 3.64. The maximum atomic E-state index is 12.4. The molecule has 1 fully saturated rings. The van der Waals surface area contributed by atoms with Crippen LogP contribution in [-0.4, -0.2) is 17.0 Å². The van der Waals surface area contributed by atoms with E-state index in [4.69, 9.17) is 5.11 Å². The van der Waals surface area contributed by atoms with Crippen LogP contribution in [0, 0.1) is 11.8 Å². The predicted molar refractivity (Wildman–Crippen MR) is 78.7 cm³/mol. The average molecular weight is 287 g/mol. The number of hydrogen-bond donors (Lipinski definition) is 2. The second-order valence-electron chi connectivity index (χ2n) is 6.20. The molecule has 1 saturated carbocycles. The third-order valence-electron chi connectivity index (χ3n) is 4.84. The number of carboxylic acids is 1. The summed E-state index contributed by atoms with van der Waals surface area (Å²) in [5.41, 5.74) is 2.55. The molecule has 0 spiro atoms. The van der Waals surface area contributed by atoms with Gasteiger partial charge in [0.15, 0.2) is 0 Å². The van der Waals surface area contributed by atoms with Gasteiger partial charge in [-0.1, -0.05) is 24.3 Å². The Balaban J connectivity index is 1.65. The van der Waals surface area contributed by atoms with E-state index in [9.17, 15) is 9.59 Å². The number of hydrogen-bond acceptors (Lipinski definition) is 2. The normalized spacial score (nSPS) is 27.9. The van der Waals surface area contributed by atoms with Crippen LogP contribution in [0.5, 0.6) is 0 Å². The van der Waals surface area contributed by atoms with E-state index in [1.807, 2.05) is 12.1 Å². The Bertz CT molecular complexity index is 555. The summed E-state index contributed by atoms with van der Waals surface area (Å²) in [6.07, 6.45) is 4.93. The summed E-state index contributed by atoms with van der Waals surface area (Å²) in [6, 6.07) is 8.36. The van der Waals surface area contributed by atoms with Crippen LogP contribution in [0.3, 0.4) is 0 Å². The number of carbonyl (C=O) groups is 2. The fraction of sp³-hybridized carbons (Fsp3) is 0.529. The van der Waals surface area contributed by atoms with Gasteiger partial charge in [0.2, 0.25) is 5.91 Å². The second kappa shape index (κ2) is 5.88. The molecule has 1 aromatic rings. The van der Waals surface area contributed by atoms with Crippen molar-refractivity contribution in [3.05, 3.63) is 35.4 Å². The van der Waals surface area contributed by atoms with E-state index in [1.54, 1.807) is 0 Å². The Labute approximate surface area is 124 Å². The highest BCUT2D eigenvalue weighted by molar-refractivity contribution is 5.81. The molecule has 1 amide bonds. The van der Waals surface area contributed by atoms with Gasteiger partial charge < -0.3 is 10.4 Å². The molecule has 0 aliphatic heterocycles. The first-order valence-corrected chi connectivity index (χ1v) is 7.76. The average Bonchev–Trinajstić information content (AvgIpc) is 2.98. The van der Waals surface area contributed by atoms with Crippen LogP contribution in [0.1, 0.15) is 49.3 Å². The Morgan fingerprint density at radius 3 is 2.62 bits per heavy atom. The quantitative estimate of drug-likeness (QED) is 0.898. The van der Waals surface area contributed by atoms with Crippen molar-refractivity contribution >= 4 is 11.9 Å². The van der Waals surface area contributed by atoms with E-state index in [2.05, 4.69) is 17.4 Å². The molecule has 21 heavy (non-hydrogen) atoms. The molecule has 0 aromatic heterocycles. The second-order valence-corrected chi connectivity index (χ2v) is 6.20. The molecule has 0 heterocycles. The summed E-state index contributed by atoms with van der Waals surface area (Å²) in [5, 5.41) is 12.2. The summed E-state index contributed by atoms with van der Waals surface area (Å²) in [5.74, 6) is -1.23. The first-order valence-electron chi connectivity index (χ1n) is 7.76. The highest BCUT2D eigenvalue weighted by Gasteiger charge is 2.35. The maximum Gasteiger partial charge on any atom is 0.306 e. The smallest absolute Gasteiger partial charge is 0.306 e. The Morgan fingerprint density at radius 1 is 1.10 bits per heavy atom. The third kappa shape index (κ3) is 2.94. The van der Waals surface area contributed by atoms with Crippen molar-refractivity contribution in [1.82, 2.24) is 5.32 Å². The molecule has 2 N–H and O–H groups in total. The van der Waals surface area contributed by atoms with E-state index >= 15 is 0 Å². The van der Waals surface area contributed by atoms with Crippen molar-refractivity contribution in [1.29, 1.82) is 0 Å². The lowest BCUT2D eigenvalue weighted by molar-refractivity contribution is -0.141.